The van der Waals surface area contributed by atoms with Crippen LogP contribution in [0.25, 0.3) is 0 Å². The lowest BCUT2D eigenvalue weighted by atomic mass is 10.0. The van der Waals surface area contributed by atoms with E-state index in [4.69, 9.17) is 0 Å². The third kappa shape index (κ3) is 2.30. The molecule has 0 radical (unpaired) electrons. The molecule has 2 heterocycles. The largest absolute Gasteiger partial charge is 0.544 e. The summed E-state index contributed by atoms with van der Waals surface area (Å²) in [5.41, 5.74) is 0.817. The number of rotatable bonds is 3. The van der Waals surface area contributed by atoms with Crippen molar-refractivity contribution in [3.63, 3.8) is 0 Å². The van der Waals surface area contributed by atoms with Crippen LogP contribution >= 0.6 is 11.8 Å². The lowest BCUT2D eigenvalue weighted by Crippen LogP contribution is -2.96. The molecule has 6 nitrogen and oxygen atoms in total. The van der Waals surface area contributed by atoms with Crippen molar-refractivity contribution in [1.29, 1.82) is 0 Å². The normalized spacial score (nSPS) is 26.4. The maximum Gasteiger partial charge on any atom is 0.261 e. The van der Waals surface area contributed by atoms with Crippen LogP contribution in [0, 0.1) is 0 Å². The van der Waals surface area contributed by atoms with Crippen molar-refractivity contribution >= 4 is 29.5 Å². The van der Waals surface area contributed by atoms with Gasteiger partial charge in [0.15, 0.2) is 5.37 Å². The number of thioether (sulfide) groups is 1. The Bertz CT molecular complexity index is 638. The van der Waals surface area contributed by atoms with E-state index in [9.17, 15) is 19.5 Å². The highest BCUT2D eigenvalue weighted by molar-refractivity contribution is 8.01. The number of hydrogen-bond acceptors (Lipinski definition) is 5. The highest BCUT2D eigenvalue weighted by Crippen LogP contribution is 2.34. The van der Waals surface area contributed by atoms with Gasteiger partial charge >= 0.3 is 0 Å². The maximum absolute atomic E-state index is 12.3. The van der Waals surface area contributed by atoms with Gasteiger partial charge in [-0.2, -0.15) is 0 Å². The highest BCUT2D eigenvalue weighted by atomic mass is 32.2. The van der Waals surface area contributed by atoms with Crippen LogP contribution in [0.2, 0.25) is 0 Å². The first kappa shape index (κ1) is 15.1. The lowest BCUT2D eigenvalue weighted by molar-refractivity contribution is -0.689. The maximum atomic E-state index is 12.3. The molecule has 0 bridgehead atoms. The second-order valence-corrected chi connectivity index (χ2v) is 7.91. The summed E-state index contributed by atoms with van der Waals surface area (Å²) in [6, 6.07) is 6.01. The Labute approximate surface area is 131 Å². The SMILES string of the molecule is CC1(C)S[C@@H](CN2C(=O)c3ccccc3C2=O)[NH2+][C@@H]1C(=O)[O-]. The third-order valence-corrected chi connectivity index (χ3v) is 5.58. The number of fused-ring (bicyclic) bond motifs is 1. The number of hydrogen-bond donors (Lipinski definition) is 1. The molecule has 1 fully saturated rings. The van der Waals surface area contributed by atoms with Crippen molar-refractivity contribution in [3.8, 4) is 0 Å². The van der Waals surface area contributed by atoms with E-state index in [1.165, 1.54) is 16.7 Å². The first-order valence-electron chi connectivity index (χ1n) is 7.00. The number of nitrogens with two attached hydrogens (primary N) is 1. The summed E-state index contributed by atoms with van der Waals surface area (Å²) < 4.78 is -0.512. The lowest BCUT2D eigenvalue weighted by Gasteiger charge is -2.21. The zero-order valence-corrected chi connectivity index (χ0v) is 13.1. The minimum atomic E-state index is -1.12. The molecule has 0 spiro atoms. The Hall–Kier alpha value is -1.86. The minimum absolute atomic E-state index is 0.185. The van der Waals surface area contributed by atoms with E-state index in [0.29, 0.717) is 11.1 Å². The smallest absolute Gasteiger partial charge is 0.261 e. The zero-order chi connectivity index (χ0) is 16.1. The van der Waals surface area contributed by atoms with Gasteiger partial charge in [-0.1, -0.05) is 23.9 Å². The quantitative estimate of drug-likeness (QED) is 0.707. The number of aliphatic carboxylic acids is 1. The number of carbonyl (C=O) groups excluding carboxylic acids is 3. The van der Waals surface area contributed by atoms with Crippen molar-refractivity contribution in [1.82, 2.24) is 4.90 Å². The van der Waals surface area contributed by atoms with Gasteiger partial charge in [-0.25, -0.2) is 0 Å². The van der Waals surface area contributed by atoms with Crippen LogP contribution in [0.5, 0.6) is 0 Å². The number of carbonyl (C=O) groups is 3. The zero-order valence-electron chi connectivity index (χ0n) is 12.2. The average Bonchev–Trinajstić information content (AvgIpc) is 2.89. The van der Waals surface area contributed by atoms with E-state index in [0.717, 1.165) is 0 Å². The third-order valence-electron chi connectivity index (χ3n) is 4.11. The van der Waals surface area contributed by atoms with Gasteiger partial charge in [0, 0.05) is 0 Å². The molecule has 0 unspecified atom stereocenters. The minimum Gasteiger partial charge on any atom is -0.544 e. The molecule has 1 saturated heterocycles. The van der Waals surface area contributed by atoms with Crippen molar-refractivity contribution in [3.05, 3.63) is 35.4 Å². The fourth-order valence-corrected chi connectivity index (χ4v) is 4.56. The molecule has 7 heteroatoms. The number of carboxylic acid groups (broad SMARTS) is 1. The molecule has 2 aliphatic rings. The summed E-state index contributed by atoms with van der Waals surface area (Å²) in [4.78, 5) is 37.1. The number of benzene rings is 1. The van der Waals surface area contributed by atoms with Crippen molar-refractivity contribution in [2.75, 3.05) is 6.54 Å². The molecular weight excluding hydrogens is 304 g/mol. The highest BCUT2D eigenvalue weighted by Gasteiger charge is 2.48. The number of quaternary nitrogens is 1. The summed E-state index contributed by atoms with van der Waals surface area (Å²) in [5, 5.41) is 12.7. The Morgan fingerprint density at radius 2 is 1.82 bits per heavy atom. The van der Waals surface area contributed by atoms with Crippen LogP contribution in [0.15, 0.2) is 24.3 Å². The van der Waals surface area contributed by atoms with Crippen LogP contribution in [0.3, 0.4) is 0 Å². The molecule has 0 aromatic heterocycles. The van der Waals surface area contributed by atoms with E-state index in [2.05, 4.69) is 0 Å². The van der Waals surface area contributed by atoms with Gasteiger partial charge in [0.2, 0.25) is 0 Å². The van der Waals surface area contributed by atoms with E-state index < -0.39 is 16.8 Å². The predicted molar refractivity (Wildman–Crippen MR) is 78.0 cm³/mol. The molecule has 3 rings (SSSR count). The van der Waals surface area contributed by atoms with Crippen LogP contribution in [-0.4, -0.2) is 45.4 Å². The van der Waals surface area contributed by atoms with E-state index in [1.807, 2.05) is 13.8 Å². The van der Waals surface area contributed by atoms with Gasteiger partial charge in [-0.3, -0.25) is 14.5 Å². The second-order valence-electron chi connectivity index (χ2n) is 6.02. The molecule has 1 aromatic carbocycles. The summed E-state index contributed by atoms with van der Waals surface area (Å²) in [5.74, 6) is -1.75. The molecule has 1 aromatic rings. The summed E-state index contributed by atoms with van der Waals surface area (Å²) >= 11 is 1.45. The Morgan fingerprint density at radius 1 is 1.27 bits per heavy atom. The molecule has 0 aliphatic carbocycles. The molecule has 2 atom stereocenters. The topological polar surface area (TPSA) is 94.1 Å². The molecule has 2 aliphatic heterocycles. The Balaban J connectivity index is 1.78. The van der Waals surface area contributed by atoms with Gasteiger partial charge in [-0.15, -0.1) is 0 Å². The van der Waals surface area contributed by atoms with Crippen molar-refractivity contribution in [2.24, 2.45) is 0 Å². The fraction of sp³-hybridized carbons (Fsp3) is 0.400. The van der Waals surface area contributed by atoms with Crippen molar-refractivity contribution in [2.45, 2.75) is 30.0 Å². The van der Waals surface area contributed by atoms with Crippen LogP contribution in [-0.2, 0) is 4.79 Å². The standard InChI is InChI=1S/C15H16N2O4S/c1-15(2)11(14(20)21)16-10(22-15)7-17-12(18)8-5-3-4-6-9(8)13(17)19/h3-6,10-11,16H,7H2,1-2H3,(H,20,21)/t10-,11+/m0/s1. The number of nitrogens with zero attached hydrogens (tertiary/aromatic N) is 1. The van der Waals surface area contributed by atoms with E-state index in [1.54, 1.807) is 29.6 Å². The van der Waals surface area contributed by atoms with Crippen LogP contribution in [0.1, 0.15) is 34.6 Å². The van der Waals surface area contributed by atoms with Gasteiger partial charge in [0.25, 0.3) is 11.8 Å². The molecule has 2 amide bonds. The predicted octanol–water partition coefficient (Wildman–Crippen LogP) is -1.18. The summed E-state index contributed by atoms with van der Waals surface area (Å²) in [7, 11) is 0. The molecule has 22 heavy (non-hydrogen) atoms. The first-order valence-corrected chi connectivity index (χ1v) is 7.88. The monoisotopic (exact) mass is 320 g/mol. The van der Waals surface area contributed by atoms with Gasteiger partial charge in [0.05, 0.1) is 22.4 Å². The van der Waals surface area contributed by atoms with E-state index >= 15 is 0 Å². The Morgan fingerprint density at radius 3 is 2.27 bits per heavy atom. The molecular formula is C15H16N2O4S. The number of amides is 2. The molecule has 0 saturated carbocycles. The van der Waals surface area contributed by atoms with Gasteiger partial charge in [-0.05, 0) is 26.0 Å². The molecule has 116 valence electrons. The first-order chi connectivity index (χ1) is 10.3. The number of imide groups is 1. The Kier molecular flexibility index (Phi) is 3.49. The molecule has 2 N–H and O–H groups in total. The second kappa shape index (κ2) is 5.10. The van der Waals surface area contributed by atoms with Crippen LogP contribution < -0.4 is 10.4 Å². The van der Waals surface area contributed by atoms with Crippen molar-refractivity contribution < 1.29 is 24.8 Å². The summed E-state index contributed by atoms with van der Waals surface area (Å²) in [6.07, 6.45) is 0. The van der Waals surface area contributed by atoms with E-state index in [-0.39, 0.29) is 23.7 Å². The van der Waals surface area contributed by atoms with Gasteiger partial charge in [0.1, 0.15) is 12.0 Å². The summed E-state index contributed by atoms with van der Waals surface area (Å²) in [6.45, 7) is 3.85. The number of carboxylic acids is 1. The van der Waals surface area contributed by atoms with Crippen LogP contribution in [0.4, 0.5) is 0 Å². The van der Waals surface area contributed by atoms with Gasteiger partial charge < -0.3 is 15.2 Å². The fourth-order valence-electron chi connectivity index (χ4n) is 2.99. The average molecular weight is 320 g/mol.